The summed E-state index contributed by atoms with van der Waals surface area (Å²) >= 11 is 6.45. The third-order valence-corrected chi connectivity index (χ3v) is 7.15. The van der Waals surface area contributed by atoms with Crippen molar-refractivity contribution in [2.24, 2.45) is 4.36 Å². The van der Waals surface area contributed by atoms with E-state index in [1.165, 1.54) is 0 Å². The molecule has 1 fully saturated rings. The molecule has 2 aromatic carbocycles. The summed E-state index contributed by atoms with van der Waals surface area (Å²) in [7, 11) is -1.58. The van der Waals surface area contributed by atoms with Gasteiger partial charge >= 0.3 is 0 Å². The van der Waals surface area contributed by atoms with E-state index in [-0.39, 0.29) is 17.0 Å². The first-order chi connectivity index (χ1) is 16.1. The molecule has 1 aromatic heterocycles. The number of amides is 1. The summed E-state index contributed by atoms with van der Waals surface area (Å²) < 4.78 is 24.6. The van der Waals surface area contributed by atoms with E-state index in [2.05, 4.69) is 9.35 Å². The molecule has 5 rings (SSSR count). The predicted octanol–water partition coefficient (Wildman–Crippen LogP) is 4.66. The molecule has 33 heavy (non-hydrogen) atoms. The number of carbonyl (C=O) groups is 1. The van der Waals surface area contributed by atoms with Gasteiger partial charge in [0.2, 0.25) is 0 Å². The van der Waals surface area contributed by atoms with Gasteiger partial charge in [-0.2, -0.15) is 0 Å². The molecule has 7 nitrogen and oxygen atoms in total. The van der Waals surface area contributed by atoms with Crippen LogP contribution in [0.3, 0.4) is 0 Å². The van der Waals surface area contributed by atoms with Crippen LogP contribution in [0.2, 0.25) is 5.02 Å². The molecule has 1 saturated heterocycles. The molecule has 1 amide bonds. The van der Waals surface area contributed by atoms with Gasteiger partial charge < -0.3 is 22.5 Å². The van der Waals surface area contributed by atoms with Gasteiger partial charge in [0.05, 0.1) is 29.4 Å². The summed E-state index contributed by atoms with van der Waals surface area (Å²) in [6.07, 6.45) is 1.56. The molecule has 170 valence electrons. The molecule has 0 aliphatic carbocycles. The normalized spacial score (nSPS) is 19.4. The number of morpholine rings is 1. The largest absolute Gasteiger partial charge is 0.429 e. The zero-order chi connectivity index (χ0) is 22.8. The second-order valence-corrected chi connectivity index (χ2v) is 9.48. The van der Waals surface area contributed by atoms with Gasteiger partial charge in [-0.3, -0.25) is 9.78 Å². The number of nitrogens with zero attached hydrogens (tertiary/aromatic N) is 4. The van der Waals surface area contributed by atoms with Crippen LogP contribution in [0.1, 0.15) is 33.3 Å². The molecule has 3 heterocycles. The van der Waals surface area contributed by atoms with E-state index >= 15 is 0 Å². The number of fused-ring (bicyclic) bond motifs is 1. The predicted molar refractivity (Wildman–Crippen MR) is 126 cm³/mol. The van der Waals surface area contributed by atoms with Crippen LogP contribution in [-0.4, -0.2) is 39.8 Å². The maximum Gasteiger partial charge on any atom is 0.255 e. The number of halogens is 1. The Kier molecular flexibility index (Phi) is 6.41. The van der Waals surface area contributed by atoms with Crippen molar-refractivity contribution in [3.8, 4) is 0 Å². The van der Waals surface area contributed by atoms with Crippen LogP contribution in [0.15, 0.2) is 71.2 Å². The summed E-state index contributed by atoms with van der Waals surface area (Å²) in [4.78, 5) is 19.2. The lowest BCUT2D eigenvalue weighted by Gasteiger charge is -2.33. The number of hydrogen-bond acceptors (Lipinski definition) is 6. The van der Waals surface area contributed by atoms with Crippen LogP contribution >= 0.6 is 11.6 Å². The number of carbonyl (C=O) groups excluding carboxylic acids is 1. The molecular formula is C24H22ClN4O3S-. The van der Waals surface area contributed by atoms with Crippen LogP contribution in [-0.2, 0) is 32.8 Å². The topological polar surface area (TPSA) is 75.1 Å². The smallest absolute Gasteiger partial charge is 0.255 e. The van der Waals surface area contributed by atoms with Gasteiger partial charge in [0.25, 0.3) is 5.91 Å². The summed E-state index contributed by atoms with van der Waals surface area (Å²) in [6.45, 7) is 2.43. The van der Waals surface area contributed by atoms with Gasteiger partial charge in [-0.25, -0.2) is 0 Å². The lowest BCUT2D eigenvalue weighted by atomic mass is 10.1. The number of pyridine rings is 1. The zero-order valence-electron chi connectivity index (χ0n) is 17.8. The minimum absolute atomic E-state index is 0.155. The van der Waals surface area contributed by atoms with Gasteiger partial charge in [-0.05, 0) is 35.4 Å². The fourth-order valence-corrected chi connectivity index (χ4v) is 5.18. The van der Waals surface area contributed by atoms with E-state index in [0.717, 1.165) is 16.8 Å². The first-order valence-corrected chi connectivity index (χ1v) is 12.1. The van der Waals surface area contributed by atoms with Crippen LogP contribution in [0.4, 0.5) is 5.69 Å². The Labute approximate surface area is 199 Å². The van der Waals surface area contributed by atoms with Crippen molar-refractivity contribution in [2.45, 2.75) is 19.2 Å². The van der Waals surface area contributed by atoms with E-state index in [0.29, 0.717) is 44.0 Å². The Morgan fingerprint density at radius 1 is 1.12 bits per heavy atom. The van der Waals surface area contributed by atoms with E-state index < -0.39 is 10.8 Å². The lowest BCUT2D eigenvalue weighted by molar-refractivity contribution is -0.0228. The second-order valence-electron chi connectivity index (χ2n) is 7.91. The first kappa shape index (κ1) is 22.0. The summed E-state index contributed by atoms with van der Waals surface area (Å²) in [5, 5.41) is 0.285. The Balaban J connectivity index is 1.29. The quantitative estimate of drug-likeness (QED) is 0.508. The summed E-state index contributed by atoms with van der Waals surface area (Å²) in [5.74, 6) is -0.155. The molecule has 0 radical (unpaired) electrons. The Morgan fingerprint density at radius 2 is 1.97 bits per heavy atom. The fraction of sp³-hybridized carbons (Fsp3) is 0.250. The van der Waals surface area contributed by atoms with Crippen molar-refractivity contribution in [1.82, 2.24) is 14.2 Å². The number of benzene rings is 2. The standard InChI is InChI=1S/C24H22ClN4O3S/c25-21-13-19(27-33(31)29-14-18-7-4-10-26-22(18)15-29)8-9-20(21)24(30)28-11-12-32-23(16-28)17-5-2-1-3-6-17/h1-10,13,23H,11-12,14-16H2/q-1/t23-/m1/s1. The number of rotatable bonds is 4. The molecule has 2 aliphatic rings. The average molecular weight is 482 g/mol. The SMILES string of the molecule is O=C(c1ccc(N=[S-](=O)N2Cc3cccnc3C2)cc1Cl)N1CCO[C@@H](c2ccccc2)C1. The molecule has 0 saturated carbocycles. The molecule has 1 atom stereocenters. The summed E-state index contributed by atoms with van der Waals surface area (Å²) in [5.41, 5.74) is 3.87. The van der Waals surface area contributed by atoms with Crippen LogP contribution < -0.4 is 0 Å². The number of aromatic nitrogens is 1. The Hall–Kier alpha value is -2.78. The van der Waals surface area contributed by atoms with E-state index in [1.807, 2.05) is 42.5 Å². The monoisotopic (exact) mass is 481 g/mol. The highest BCUT2D eigenvalue weighted by Crippen LogP contribution is 2.28. The first-order valence-electron chi connectivity index (χ1n) is 10.7. The molecule has 0 spiro atoms. The highest BCUT2D eigenvalue weighted by Gasteiger charge is 2.27. The second kappa shape index (κ2) is 9.61. The minimum Gasteiger partial charge on any atom is -0.429 e. The molecule has 0 bridgehead atoms. The van der Waals surface area contributed by atoms with Gasteiger partial charge in [0.1, 0.15) is 6.10 Å². The minimum atomic E-state index is -1.58. The lowest BCUT2D eigenvalue weighted by Crippen LogP contribution is -2.42. The van der Waals surface area contributed by atoms with Gasteiger partial charge in [-0.15, -0.1) is 10.8 Å². The maximum atomic E-state index is 13.1. The molecule has 0 N–H and O–H groups in total. The molecule has 9 heteroatoms. The number of ether oxygens (including phenoxy) is 1. The molecule has 2 aliphatic heterocycles. The molecule has 3 aromatic rings. The van der Waals surface area contributed by atoms with Crippen molar-refractivity contribution in [2.75, 3.05) is 19.7 Å². The molecule has 0 unspecified atom stereocenters. The fourth-order valence-electron chi connectivity index (χ4n) is 4.04. The molecular weight excluding hydrogens is 460 g/mol. The van der Waals surface area contributed by atoms with Crippen molar-refractivity contribution in [3.63, 3.8) is 0 Å². The third kappa shape index (κ3) is 4.79. The van der Waals surface area contributed by atoms with Crippen LogP contribution in [0.5, 0.6) is 0 Å². The zero-order valence-corrected chi connectivity index (χ0v) is 19.3. The van der Waals surface area contributed by atoms with Crippen molar-refractivity contribution in [1.29, 1.82) is 0 Å². The highest BCUT2D eigenvalue weighted by atomic mass is 35.5. The van der Waals surface area contributed by atoms with Crippen LogP contribution in [0, 0.1) is 0 Å². The highest BCUT2D eigenvalue weighted by molar-refractivity contribution is 7.72. The average Bonchev–Trinajstić information content (AvgIpc) is 3.29. The van der Waals surface area contributed by atoms with Crippen molar-refractivity contribution >= 4 is 34.0 Å². The van der Waals surface area contributed by atoms with Gasteiger partial charge in [0, 0.05) is 31.5 Å². The Bertz CT molecular complexity index is 1240. The third-order valence-electron chi connectivity index (χ3n) is 5.77. The van der Waals surface area contributed by atoms with E-state index in [9.17, 15) is 9.00 Å². The number of hydrogen-bond donors (Lipinski definition) is 0. The van der Waals surface area contributed by atoms with E-state index in [4.69, 9.17) is 16.3 Å². The Morgan fingerprint density at radius 3 is 2.76 bits per heavy atom. The van der Waals surface area contributed by atoms with Gasteiger partial charge in [-0.1, -0.05) is 48.0 Å². The van der Waals surface area contributed by atoms with Crippen molar-refractivity contribution < 1.29 is 13.7 Å². The van der Waals surface area contributed by atoms with Gasteiger partial charge in [0.15, 0.2) is 0 Å². The van der Waals surface area contributed by atoms with Crippen LogP contribution in [0.25, 0.3) is 0 Å². The maximum absolute atomic E-state index is 13.1. The van der Waals surface area contributed by atoms with Crippen molar-refractivity contribution in [3.05, 3.63) is 94.3 Å². The summed E-state index contributed by atoms with van der Waals surface area (Å²) in [6, 6.07) is 18.6. The van der Waals surface area contributed by atoms with E-state index in [1.54, 1.807) is 33.6 Å².